The van der Waals surface area contributed by atoms with Crippen molar-refractivity contribution in [3.8, 4) is 0 Å². The van der Waals surface area contributed by atoms with E-state index in [9.17, 15) is 8.42 Å². The van der Waals surface area contributed by atoms with Gasteiger partial charge in [-0.3, -0.25) is 0 Å². The first-order chi connectivity index (χ1) is 9.40. The Hall–Kier alpha value is -0.170. The van der Waals surface area contributed by atoms with Gasteiger partial charge >= 0.3 is 0 Å². The van der Waals surface area contributed by atoms with Gasteiger partial charge in [0.1, 0.15) is 0 Å². The maximum Gasteiger partial charge on any atom is 0.215 e. The summed E-state index contributed by atoms with van der Waals surface area (Å²) in [6.07, 6.45) is 3.35. The summed E-state index contributed by atoms with van der Waals surface area (Å²) in [5.41, 5.74) is 0. The fourth-order valence-electron chi connectivity index (χ4n) is 3.48. The Kier molecular flexibility index (Phi) is 5.45. The van der Waals surface area contributed by atoms with E-state index in [-0.39, 0.29) is 5.75 Å². The third-order valence-corrected chi connectivity index (χ3v) is 6.45. The second kappa shape index (κ2) is 6.73. The molecule has 0 spiro atoms. The number of fused-ring (bicyclic) bond motifs is 1. The molecule has 2 rings (SSSR count). The Bertz CT molecular complexity index is 411. The average Bonchev–Trinajstić information content (AvgIpc) is 2.38. The van der Waals surface area contributed by atoms with Crippen LogP contribution in [0.5, 0.6) is 0 Å². The van der Waals surface area contributed by atoms with Crippen molar-refractivity contribution < 1.29 is 8.42 Å². The molecule has 20 heavy (non-hydrogen) atoms. The van der Waals surface area contributed by atoms with Crippen LogP contribution in [-0.4, -0.2) is 68.7 Å². The van der Waals surface area contributed by atoms with E-state index in [1.807, 2.05) is 13.8 Å². The maximum absolute atomic E-state index is 12.4. The van der Waals surface area contributed by atoms with Crippen LogP contribution in [0.25, 0.3) is 0 Å². The SMILES string of the molecule is CC(C)NCCS(=O)(=O)N1CCC2C(CCCN2C)C1. The molecule has 0 aromatic carbocycles. The molecule has 1 N–H and O–H groups in total. The molecular weight excluding hydrogens is 274 g/mol. The highest BCUT2D eigenvalue weighted by atomic mass is 32.2. The highest BCUT2D eigenvalue weighted by molar-refractivity contribution is 7.89. The molecule has 2 heterocycles. The van der Waals surface area contributed by atoms with Crippen LogP contribution in [0.4, 0.5) is 0 Å². The Labute approximate surface area is 123 Å². The monoisotopic (exact) mass is 303 g/mol. The lowest BCUT2D eigenvalue weighted by Crippen LogP contribution is -2.54. The minimum absolute atomic E-state index is 0.221. The molecule has 2 fully saturated rings. The van der Waals surface area contributed by atoms with Crippen molar-refractivity contribution in [2.24, 2.45) is 5.92 Å². The van der Waals surface area contributed by atoms with E-state index in [2.05, 4.69) is 17.3 Å². The minimum atomic E-state index is -3.09. The van der Waals surface area contributed by atoms with Gasteiger partial charge in [0, 0.05) is 31.7 Å². The zero-order valence-electron chi connectivity index (χ0n) is 13.0. The molecule has 2 unspecified atom stereocenters. The minimum Gasteiger partial charge on any atom is -0.313 e. The van der Waals surface area contributed by atoms with Gasteiger partial charge in [-0.1, -0.05) is 13.8 Å². The summed E-state index contributed by atoms with van der Waals surface area (Å²) in [5.74, 6) is 0.744. The molecule has 6 heteroatoms. The molecule has 5 nitrogen and oxygen atoms in total. The Morgan fingerprint density at radius 1 is 1.25 bits per heavy atom. The van der Waals surface area contributed by atoms with Gasteiger partial charge in [-0.25, -0.2) is 12.7 Å². The van der Waals surface area contributed by atoms with Crippen LogP contribution in [0.3, 0.4) is 0 Å². The summed E-state index contributed by atoms with van der Waals surface area (Å²) in [5, 5.41) is 3.19. The third-order valence-electron chi connectivity index (χ3n) is 4.61. The third kappa shape index (κ3) is 3.93. The van der Waals surface area contributed by atoms with E-state index in [4.69, 9.17) is 0 Å². The smallest absolute Gasteiger partial charge is 0.215 e. The number of piperidine rings is 2. The number of rotatable bonds is 5. The van der Waals surface area contributed by atoms with Crippen molar-refractivity contribution in [3.63, 3.8) is 0 Å². The average molecular weight is 303 g/mol. The molecule has 2 saturated heterocycles. The number of sulfonamides is 1. The number of hydrogen-bond donors (Lipinski definition) is 1. The zero-order chi connectivity index (χ0) is 14.8. The summed E-state index contributed by atoms with van der Waals surface area (Å²) in [4.78, 5) is 2.42. The quantitative estimate of drug-likeness (QED) is 0.813. The molecule has 2 aliphatic heterocycles. The molecule has 0 aromatic heterocycles. The molecule has 0 aromatic rings. The predicted molar refractivity (Wildman–Crippen MR) is 82.3 cm³/mol. The first kappa shape index (κ1) is 16.2. The van der Waals surface area contributed by atoms with Gasteiger partial charge in [0.15, 0.2) is 0 Å². The normalized spacial score (nSPS) is 29.6. The van der Waals surface area contributed by atoms with Crippen molar-refractivity contribution in [1.29, 1.82) is 0 Å². The summed E-state index contributed by atoms with van der Waals surface area (Å²) >= 11 is 0. The largest absolute Gasteiger partial charge is 0.313 e. The maximum atomic E-state index is 12.4. The van der Waals surface area contributed by atoms with Crippen LogP contribution in [0.2, 0.25) is 0 Å². The van der Waals surface area contributed by atoms with Gasteiger partial charge < -0.3 is 10.2 Å². The lowest BCUT2D eigenvalue weighted by Gasteiger charge is -2.45. The van der Waals surface area contributed by atoms with Crippen LogP contribution in [0.15, 0.2) is 0 Å². The molecule has 2 atom stereocenters. The highest BCUT2D eigenvalue weighted by Crippen LogP contribution is 2.30. The molecule has 118 valence electrons. The predicted octanol–water partition coefficient (Wildman–Crippen LogP) is 0.730. The van der Waals surface area contributed by atoms with E-state index < -0.39 is 10.0 Å². The molecule has 0 bridgehead atoms. The molecule has 0 saturated carbocycles. The number of nitrogens with zero attached hydrogens (tertiary/aromatic N) is 2. The van der Waals surface area contributed by atoms with Crippen molar-refractivity contribution >= 4 is 10.0 Å². The van der Waals surface area contributed by atoms with Crippen LogP contribution < -0.4 is 5.32 Å². The van der Waals surface area contributed by atoms with Gasteiger partial charge in [0.25, 0.3) is 0 Å². The number of nitrogens with one attached hydrogen (secondary N) is 1. The van der Waals surface area contributed by atoms with Gasteiger partial charge in [-0.05, 0) is 38.8 Å². The Balaban J connectivity index is 1.90. The van der Waals surface area contributed by atoms with Crippen LogP contribution in [0.1, 0.15) is 33.1 Å². The van der Waals surface area contributed by atoms with Gasteiger partial charge in [0.2, 0.25) is 10.0 Å². The Morgan fingerprint density at radius 2 is 2.00 bits per heavy atom. The van der Waals surface area contributed by atoms with Crippen LogP contribution in [-0.2, 0) is 10.0 Å². The van der Waals surface area contributed by atoms with E-state index >= 15 is 0 Å². The standard InChI is InChI=1S/C14H29N3O2S/c1-12(2)15-7-10-20(18,19)17-9-6-14-13(11-17)5-4-8-16(14)3/h12-15H,4-11H2,1-3H3. The summed E-state index contributed by atoms with van der Waals surface area (Å²) in [6.45, 7) is 7.19. The lowest BCUT2D eigenvalue weighted by molar-refractivity contribution is 0.0671. The van der Waals surface area contributed by atoms with Crippen molar-refractivity contribution in [3.05, 3.63) is 0 Å². The molecule has 0 amide bonds. The molecule has 2 aliphatic rings. The van der Waals surface area contributed by atoms with Gasteiger partial charge in [0.05, 0.1) is 5.75 Å². The zero-order valence-corrected chi connectivity index (χ0v) is 13.8. The fraction of sp³-hybridized carbons (Fsp3) is 1.00. The molecular formula is C14H29N3O2S. The highest BCUT2D eigenvalue weighted by Gasteiger charge is 2.37. The Morgan fingerprint density at radius 3 is 2.70 bits per heavy atom. The van der Waals surface area contributed by atoms with E-state index in [1.54, 1.807) is 4.31 Å². The van der Waals surface area contributed by atoms with Crippen LogP contribution in [0, 0.1) is 5.92 Å². The molecule has 0 aliphatic carbocycles. The van der Waals surface area contributed by atoms with Crippen molar-refractivity contribution in [2.75, 3.05) is 39.0 Å². The fourth-order valence-corrected chi connectivity index (χ4v) is 4.91. The number of likely N-dealkylation sites (tertiary alicyclic amines) is 1. The summed E-state index contributed by atoms with van der Waals surface area (Å²) < 4.78 is 26.5. The topological polar surface area (TPSA) is 52.7 Å². The second-order valence-electron chi connectivity index (χ2n) is 6.52. The van der Waals surface area contributed by atoms with E-state index in [0.29, 0.717) is 31.1 Å². The van der Waals surface area contributed by atoms with Crippen molar-refractivity contribution in [1.82, 2.24) is 14.5 Å². The summed E-state index contributed by atoms with van der Waals surface area (Å²) in [7, 11) is -0.921. The van der Waals surface area contributed by atoms with E-state index in [0.717, 1.165) is 19.5 Å². The first-order valence-electron chi connectivity index (χ1n) is 7.81. The molecule has 0 radical (unpaired) electrons. The van der Waals surface area contributed by atoms with Crippen molar-refractivity contribution in [2.45, 2.75) is 45.2 Å². The van der Waals surface area contributed by atoms with Gasteiger partial charge in [-0.2, -0.15) is 0 Å². The number of hydrogen-bond acceptors (Lipinski definition) is 4. The first-order valence-corrected chi connectivity index (χ1v) is 9.42. The van der Waals surface area contributed by atoms with Crippen LogP contribution >= 0.6 is 0 Å². The van der Waals surface area contributed by atoms with E-state index in [1.165, 1.54) is 12.8 Å². The second-order valence-corrected chi connectivity index (χ2v) is 8.61. The lowest BCUT2D eigenvalue weighted by atomic mass is 9.85. The van der Waals surface area contributed by atoms with Gasteiger partial charge in [-0.15, -0.1) is 0 Å². The summed E-state index contributed by atoms with van der Waals surface area (Å²) in [6, 6.07) is 0.923.